The van der Waals surface area contributed by atoms with Crippen molar-refractivity contribution in [2.75, 3.05) is 5.33 Å². The van der Waals surface area contributed by atoms with Crippen LogP contribution in [-0.4, -0.2) is 11.1 Å². The van der Waals surface area contributed by atoms with Gasteiger partial charge in [0.05, 0.1) is 0 Å². The van der Waals surface area contributed by atoms with Gasteiger partial charge >= 0.3 is 0 Å². The summed E-state index contributed by atoms with van der Waals surface area (Å²) in [5.74, 6) is 0.255. The fraction of sp³-hybridized carbons (Fsp3) is 0.833. The van der Waals surface area contributed by atoms with Crippen molar-refractivity contribution in [3.63, 3.8) is 0 Å². The Morgan fingerprint density at radius 2 is 1.62 bits per heavy atom. The number of hydrogen-bond acceptors (Lipinski definition) is 1. The number of ketones is 1. The van der Waals surface area contributed by atoms with E-state index in [0.29, 0.717) is 6.42 Å². The van der Waals surface area contributed by atoms with Crippen LogP contribution in [-0.2, 0) is 4.79 Å². The van der Waals surface area contributed by atoms with Gasteiger partial charge in [-0.1, -0.05) is 29.8 Å². The van der Waals surface area contributed by atoms with Crippen molar-refractivity contribution >= 4 is 21.7 Å². The smallest absolute Gasteiger partial charge is 0.129 e. The van der Waals surface area contributed by atoms with E-state index in [9.17, 15) is 4.79 Å². The second-order valence-corrected chi connectivity index (χ2v) is 2.44. The first-order chi connectivity index (χ1) is 3.68. The number of alkyl halides is 1. The third-order valence-electron chi connectivity index (χ3n) is 0.498. The summed E-state index contributed by atoms with van der Waals surface area (Å²) in [6.07, 6.45) is 0.667. The molecular weight excluding hydrogens is 168 g/mol. The Labute approximate surface area is 59.6 Å². The van der Waals surface area contributed by atoms with E-state index in [1.54, 1.807) is 6.92 Å². The average molecular weight is 181 g/mol. The Balaban J connectivity index is 0. The van der Waals surface area contributed by atoms with E-state index in [0.717, 1.165) is 5.33 Å². The molecule has 0 rings (SSSR count). The van der Waals surface area contributed by atoms with Crippen LogP contribution in [0.3, 0.4) is 0 Å². The molecular formula is C6H13BrO. The fourth-order valence-electron chi connectivity index (χ4n) is 0. The van der Waals surface area contributed by atoms with Gasteiger partial charge in [-0.05, 0) is 6.92 Å². The van der Waals surface area contributed by atoms with Crippen LogP contribution in [0.25, 0.3) is 0 Å². The van der Waals surface area contributed by atoms with E-state index in [-0.39, 0.29) is 5.78 Å². The molecule has 0 unspecified atom stereocenters. The fourth-order valence-corrected chi connectivity index (χ4v) is 0. The van der Waals surface area contributed by atoms with E-state index >= 15 is 0 Å². The minimum Gasteiger partial charge on any atom is -0.300 e. The van der Waals surface area contributed by atoms with Crippen molar-refractivity contribution in [2.24, 2.45) is 0 Å². The minimum absolute atomic E-state index is 0.255. The largest absolute Gasteiger partial charge is 0.300 e. The Kier molecular flexibility index (Phi) is 14.0. The molecule has 2 heteroatoms. The zero-order valence-corrected chi connectivity index (χ0v) is 7.29. The van der Waals surface area contributed by atoms with Crippen LogP contribution in [0.15, 0.2) is 0 Å². The molecule has 0 bridgehead atoms. The lowest BCUT2D eigenvalue weighted by atomic mass is 10.4. The standard InChI is InChI=1S/C4H8O.C2H5Br/c1-3-4(2)5;1-2-3/h3H2,1-2H3;2H2,1H3. The van der Waals surface area contributed by atoms with E-state index < -0.39 is 0 Å². The second kappa shape index (κ2) is 10.2. The predicted octanol–water partition coefficient (Wildman–Crippen LogP) is 2.39. The van der Waals surface area contributed by atoms with Crippen molar-refractivity contribution in [2.45, 2.75) is 27.2 Å². The molecule has 0 N–H and O–H groups in total. The average Bonchev–Trinajstić information content (AvgIpc) is 1.69. The van der Waals surface area contributed by atoms with Crippen LogP contribution in [0.2, 0.25) is 0 Å². The highest BCUT2D eigenvalue weighted by Gasteiger charge is 1.76. The lowest BCUT2D eigenvalue weighted by Gasteiger charge is -1.71. The molecule has 0 saturated carbocycles. The van der Waals surface area contributed by atoms with Crippen molar-refractivity contribution < 1.29 is 4.79 Å². The number of halogens is 1. The maximum atomic E-state index is 9.81. The predicted molar refractivity (Wildman–Crippen MR) is 40.4 cm³/mol. The van der Waals surface area contributed by atoms with Crippen molar-refractivity contribution in [3.8, 4) is 0 Å². The molecule has 0 aliphatic rings. The Bertz CT molecular complexity index is 52.5. The van der Waals surface area contributed by atoms with Gasteiger partial charge in [-0.2, -0.15) is 0 Å². The van der Waals surface area contributed by atoms with E-state index in [1.807, 2.05) is 13.8 Å². The van der Waals surface area contributed by atoms with Crippen LogP contribution in [0, 0.1) is 0 Å². The molecule has 1 nitrogen and oxygen atoms in total. The van der Waals surface area contributed by atoms with E-state index in [1.165, 1.54) is 0 Å². The van der Waals surface area contributed by atoms with Gasteiger partial charge < -0.3 is 4.79 Å². The van der Waals surface area contributed by atoms with Crippen molar-refractivity contribution in [3.05, 3.63) is 0 Å². The molecule has 0 aliphatic heterocycles. The Morgan fingerprint density at radius 1 is 1.50 bits per heavy atom. The zero-order chi connectivity index (χ0) is 6.99. The van der Waals surface area contributed by atoms with Crippen molar-refractivity contribution in [1.29, 1.82) is 0 Å². The van der Waals surface area contributed by atoms with Crippen LogP contribution in [0.4, 0.5) is 0 Å². The molecule has 0 radical (unpaired) electrons. The summed E-state index contributed by atoms with van der Waals surface area (Å²) in [5.41, 5.74) is 0. The number of hydrogen-bond donors (Lipinski definition) is 0. The normalized spacial score (nSPS) is 7.00. The van der Waals surface area contributed by atoms with Crippen molar-refractivity contribution in [1.82, 2.24) is 0 Å². The molecule has 0 saturated heterocycles. The Hall–Kier alpha value is 0.150. The van der Waals surface area contributed by atoms with Gasteiger partial charge in [0.1, 0.15) is 5.78 Å². The number of Topliss-reactive ketones (excluding diaryl/α,β-unsaturated/α-hetero) is 1. The maximum Gasteiger partial charge on any atom is 0.129 e. The summed E-state index contributed by atoms with van der Waals surface area (Å²) in [6.45, 7) is 5.47. The number of carbonyl (C=O) groups excluding carboxylic acids is 1. The van der Waals surface area contributed by atoms with Gasteiger partial charge in [-0.25, -0.2) is 0 Å². The summed E-state index contributed by atoms with van der Waals surface area (Å²) < 4.78 is 0. The monoisotopic (exact) mass is 180 g/mol. The first-order valence-corrected chi connectivity index (χ1v) is 3.86. The van der Waals surface area contributed by atoms with Gasteiger partial charge in [0, 0.05) is 11.8 Å². The highest BCUT2D eigenvalue weighted by Crippen LogP contribution is 1.71. The third kappa shape index (κ3) is 35.3. The third-order valence-corrected chi connectivity index (χ3v) is 0.498. The molecule has 0 spiro atoms. The first-order valence-electron chi connectivity index (χ1n) is 2.74. The Morgan fingerprint density at radius 3 is 1.62 bits per heavy atom. The van der Waals surface area contributed by atoms with Gasteiger partial charge in [-0.3, -0.25) is 0 Å². The number of rotatable bonds is 1. The summed E-state index contributed by atoms with van der Waals surface area (Å²) in [5, 5.41) is 1.06. The summed E-state index contributed by atoms with van der Waals surface area (Å²) in [4.78, 5) is 9.81. The van der Waals surface area contributed by atoms with Gasteiger partial charge in [0.2, 0.25) is 0 Å². The zero-order valence-electron chi connectivity index (χ0n) is 5.70. The molecule has 8 heavy (non-hydrogen) atoms. The van der Waals surface area contributed by atoms with Crippen LogP contribution < -0.4 is 0 Å². The molecule has 0 aromatic rings. The lowest BCUT2D eigenvalue weighted by molar-refractivity contribution is -0.116. The summed E-state index contributed by atoms with van der Waals surface area (Å²) >= 11 is 3.15. The molecule has 0 amide bonds. The van der Waals surface area contributed by atoms with Crippen LogP contribution in [0.1, 0.15) is 27.2 Å². The quantitative estimate of drug-likeness (QED) is 0.567. The van der Waals surface area contributed by atoms with E-state index in [2.05, 4.69) is 15.9 Å². The highest BCUT2D eigenvalue weighted by atomic mass is 79.9. The molecule has 0 aromatic carbocycles. The second-order valence-electron chi connectivity index (χ2n) is 1.32. The molecule has 0 heterocycles. The lowest BCUT2D eigenvalue weighted by Crippen LogP contribution is -1.80. The SMILES string of the molecule is CCBr.CCC(C)=O. The molecule has 50 valence electrons. The minimum atomic E-state index is 0.255. The summed E-state index contributed by atoms with van der Waals surface area (Å²) in [7, 11) is 0. The topological polar surface area (TPSA) is 17.1 Å². The number of carbonyl (C=O) groups is 1. The van der Waals surface area contributed by atoms with Gasteiger partial charge in [0.15, 0.2) is 0 Å². The van der Waals surface area contributed by atoms with Gasteiger partial charge in [-0.15, -0.1) is 0 Å². The molecule has 0 fully saturated rings. The molecule has 0 atom stereocenters. The first kappa shape index (κ1) is 11.0. The molecule has 0 aromatic heterocycles. The highest BCUT2D eigenvalue weighted by molar-refractivity contribution is 9.09. The van der Waals surface area contributed by atoms with Crippen LogP contribution >= 0.6 is 15.9 Å². The molecule has 0 aliphatic carbocycles. The van der Waals surface area contributed by atoms with Gasteiger partial charge in [0.25, 0.3) is 0 Å². The summed E-state index contributed by atoms with van der Waals surface area (Å²) in [6, 6.07) is 0. The van der Waals surface area contributed by atoms with Crippen LogP contribution in [0.5, 0.6) is 0 Å². The maximum absolute atomic E-state index is 9.81. The van der Waals surface area contributed by atoms with E-state index in [4.69, 9.17) is 0 Å².